The van der Waals surface area contributed by atoms with Gasteiger partial charge in [-0.2, -0.15) is 0 Å². The zero-order chi connectivity index (χ0) is 20.7. The van der Waals surface area contributed by atoms with Crippen molar-refractivity contribution in [3.8, 4) is 28.4 Å². The molecule has 0 N–H and O–H groups in total. The number of nitrogens with zero attached hydrogens (tertiary/aromatic N) is 1. The number of esters is 1. The SMILES string of the molecule is CCOc1cc(OC=O)cc(OCC)c1-c1cncc(C(=O)OC(C)(C)C)c1. The lowest BCUT2D eigenvalue weighted by molar-refractivity contribution is -0.120. The Kier molecular flexibility index (Phi) is 6.98. The van der Waals surface area contributed by atoms with Crippen LogP contribution in [0, 0.1) is 0 Å². The molecule has 1 aromatic heterocycles. The molecule has 1 aromatic carbocycles. The molecule has 0 atom stereocenters. The molecule has 0 fully saturated rings. The number of hydrogen-bond acceptors (Lipinski definition) is 7. The Balaban J connectivity index is 2.57. The molecule has 0 aliphatic carbocycles. The molecule has 0 amide bonds. The fourth-order valence-electron chi connectivity index (χ4n) is 2.54. The maximum absolute atomic E-state index is 12.4. The summed E-state index contributed by atoms with van der Waals surface area (Å²) in [5.41, 5.74) is 0.923. The second kappa shape index (κ2) is 9.21. The van der Waals surface area contributed by atoms with Gasteiger partial charge in [0.05, 0.1) is 24.3 Å². The van der Waals surface area contributed by atoms with E-state index in [-0.39, 0.29) is 0 Å². The van der Waals surface area contributed by atoms with E-state index in [4.69, 9.17) is 18.9 Å². The Labute approximate surface area is 164 Å². The van der Waals surface area contributed by atoms with Crippen molar-refractivity contribution in [3.63, 3.8) is 0 Å². The molecule has 0 unspecified atom stereocenters. The predicted molar refractivity (Wildman–Crippen MR) is 104 cm³/mol. The van der Waals surface area contributed by atoms with E-state index >= 15 is 0 Å². The van der Waals surface area contributed by atoms with Gasteiger partial charge in [0.1, 0.15) is 22.8 Å². The van der Waals surface area contributed by atoms with E-state index in [1.807, 2.05) is 13.8 Å². The van der Waals surface area contributed by atoms with Gasteiger partial charge in [-0.15, -0.1) is 0 Å². The zero-order valence-corrected chi connectivity index (χ0v) is 16.8. The van der Waals surface area contributed by atoms with E-state index in [2.05, 4.69) is 4.98 Å². The van der Waals surface area contributed by atoms with Crippen LogP contribution in [0.1, 0.15) is 45.0 Å². The first-order chi connectivity index (χ1) is 13.3. The molecule has 1 heterocycles. The highest BCUT2D eigenvalue weighted by Gasteiger charge is 2.21. The molecule has 0 bridgehead atoms. The Morgan fingerprint density at radius 2 is 1.64 bits per heavy atom. The Morgan fingerprint density at radius 1 is 1.04 bits per heavy atom. The van der Waals surface area contributed by atoms with Crippen molar-refractivity contribution < 1.29 is 28.5 Å². The Morgan fingerprint density at radius 3 is 2.14 bits per heavy atom. The third kappa shape index (κ3) is 5.45. The fourth-order valence-corrected chi connectivity index (χ4v) is 2.54. The molecule has 0 spiro atoms. The number of carbonyl (C=O) groups is 2. The smallest absolute Gasteiger partial charge is 0.340 e. The van der Waals surface area contributed by atoms with Crippen LogP contribution in [0.25, 0.3) is 11.1 Å². The number of benzene rings is 1. The summed E-state index contributed by atoms with van der Waals surface area (Å²) >= 11 is 0. The Bertz CT molecular complexity index is 814. The second-order valence-corrected chi connectivity index (χ2v) is 6.84. The molecule has 28 heavy (non-hydrogen) atoms. The van der Waals surface area contributed by atoms with E-state index in [1.165, 1.54) is 6.20 Å². The predicted octanol–water partition coefficient (Wildman–Crippen LogP) is 4.04. The van der Waals surface area contributed by atoms with Crippen molar-refractivity contribution >= 4 is 12.4 Å². The number of hydrogen-bond donors (Lipinski definition) is 0. The number of aromatic nitrogens is 1. The summed E-state index contributed by atoms with van der Waals surface area (Å²) in [4.78, 5) is 27.3. The summed E-state index contributed by atoms with van der Waals surface area (Å²) in [6.07, 6.45) is 3.05. The summed E-state index contributed by atoms with van der Waals surface area (Å²) in [5.74, 6) is 0.725. The molecule has 2 aromatic rings. The van der Waals surface area contributed by atoms with Crippen molar-refractivity contribution in [1.29, 1.82) is 0 Å². The van der Waals surface area contributed by atoms with Crippen LogP contribution in [0.2, 0.25) is 0 Å². The molecule has 0 aliphatic heterocycles. The van der Waals surface area contributed by atoms with Gasteiger partial charge in [-0.1, -0.05) is 0 Å². The van der Waals surface area contributed by atoms with Crippen molar-refractivity contribution in [2.24, 2.45) is 0 Å². The number of pyridine rings is 1. The maximum atomic E-state index is 12.4. The lowest BCUT2D eigenvalue weighted by Gasteiger charge is -2.20. The summed E-state index contributed by atoms with van der Waals surface area (Å²) in [6.45, 7) is 10.2. The average molecular weight is 387 g/mol. The van der Waals surface area contributed by atoms with E-state index in [0.717, 1.165) is 0 Å². The lowest BCUT2D eigenvalue weighted by Crippen LogP contribution is -2.24. The third-order valence-electron chi connectivity index (χ3n) is 3.48. The molecule has 2 rings (SSSR count). The first kappa shape index (κ1) is 21.2. The molecule has 0 radical (unpaired) electrons. The van der Waals surface area contributed by atoms with Crippen LogP contribution in [0.5, 0.6) is 17.2 Å². The van der Waals surface area contributed by atoms with Crippen LogP contribution in [0.3, 0.4) is 0 Å². The minimum absolute atomic E-state index is 0.293. The van der Waals surface area contributed by atoms with Crippen molar-refractivity contribution in [2.75, 3.05) is 13.2 Å². The van der Waals surface area contributed by atoms with Crippen LogP contribution >= 0.6 is 0 Å². The summed E-state index contributed by atoms with van der Waals surface area (Å²) in [6, 6.07) is 4.85. The average Bonchev–Trinajstić information content (AvgIpc) is 2.61. The van der Waals surface area contributed by atoms with Gasteiger partial charge >= 0.3 is 5.97 Å². The topological polar surface area (TPSA) is 84.0 Å². The van der Waals surface area contributed by atoms with E-state index in [1.54, 1.807) is 45.2 Å². The molecule has 0 aliphatic rings. The molecular weight excluding hydrogens is 362 g/mol. The summed E-state index contributed by atoms with van der Waals surface area (Å²) in [7, 11) is 0. The van der Waals surface area contributed by atoms with Gasteiger partial charge < -0.3 is 18.9 Å². The van der Waals surface area contributed by atoms with Gasteiger partial charge in [-0.25, -0.2) is 4.79 Å². The lowest BCUT2D eigenvalue weighted by atomic mass is 10.0. The highest BCUT2D eigenvalue weighted by Crippen LogP contribution is 2.42. The van der Waals surface area contributed by atoms with Gasteiger partial charge in [-0.3, -0.25) is 9.78 Å². The van der Waals surface area contributed by atoms with Gasteiger partial charge in [0.15, 0.2) is 0 Å². The van der Waals surface area contributed by atoms with Crippen LogP contribution in [0.15, 0.2) is 30.6 Å². The number of ether oxygens (including phenoxy) is 4. The third-order valence-corrected chi connectivity index (χ3v) is 3.48. The van der Waals surface area contributed by atoms with Crippen LogP contribution in [-0.4, -0.2) is 36.2 Å². The van der Waals surface area contributed by atoms with Gasteiger partial charge in [0, 0.05) is 30.1 Å². The molecule has 7 nitrogen and oxygen atoms in total. The van der Waals surface area contributed by atoms with Gasteiger partial charge in [0.25, 0.3) is 6.47 Å². The van der Waals surface area contributed by atoms with E-state index in [9.17, 15) is 9.59 Å². The highest BCUT2D eigenvalue weighted by molar-refractivity contribution is 5.91. The zero-order valence-electron chi connectivity index (χ0n) is 16.8. The molecule has 0 saturated heterocycles. The minimum Gasteiger partial charge on any atom is -0.493 e. The monoisotopic (exact) mass is 387 g/mol. The standard InChI is InChI=1S/C21H25NO6/c1-6-25-17-9-16(27-13-23)10-18(26-7-2)19(17)14-8-15(12-22-11-14)20(24)28-21(3,4)5/h8-13H,6-7H2,1-5H3. The summed E-state index contributed by atoms with van der Waals surface area (Å²) in [5, 5.41) is 0. The maximum Gasteiger partial charge on any atom is 0.340 e. The molecule has 150 valence electrons. The second-order valence-electron chi connectivity index (χ2n) is 6.84. The molecular formula is C21H25NO6. The first-order valence-corrected chi connectivity index (χ1v) is 9.01. The van der Waals surface area contributed by atoms with E-state index in [0.29, 0.717) is 53.6 Å². The number of carbonyl (C=O) groups excluding carboxylic acids is 2. The fraction of sp³-hybridized carbons (Fsp3) is 0.381. The van der Waals surface area contributed by atoms with Crippen LogP contribution in [0.4, 0.5) is 0 Å². The highest BCUT2D eigenvalue weighted by atomic mass is 16.6. The molecule has 7 heteroatoms. The van der Waals surface area contributed by atoms with Crippen molar-refractivity contribution in [3.05, 3.63) is 36.2 Å². The molecule has 0 saturated carbocycles. The van der Waals surface area contributed by atoms with Crippen LogP contribution < -0.4 is 14.2 Å². The summed E-state index contributed by atoms with van der Waals surface area (Å²) < 4.78 is 21.8. The van der Waals surface area contributed by atoms with Crippen molar-refractivity contribution in [1.82, 2.24) is 4.98 Å². The quantitative estimate of drug-likeness (QED) is 0.499. The van der Waals surface area contributed by atoms with Crippen molar-refractivity contribution in [2.45, 2.75) is 40.2 Å². The first-order valence-electron chi connectivity index (χ1n) is 9.01. The van der Waals surface area contributed by atoms with Gasteiger partial charge in [-0.05, 0) is 40.7 Å². The number of rotatable bonds is 8. The van der Waals surface area contributed by atoms with Crippen LogP contribution in [-0.2, 0) is 9.53 Å². The minimum atomic E-state index is -0.617. The van der Waals surface area contributed by atoms with E-state index < -0.39 is 11.6 Å². The van der Waals surface area contributed by atoms with Gasteiger partial charge in [0.2, 0.25) is 0 Å². The Hall–Kier alpha value is -3.09. The normalized spacial score (nSPS) is 10.9. The largest absolute Gasteiger partial charge is 0.493 e.